The summed E-state index contributed by atoms with van der Waals surface area (Å²) >= 11 is 0. The summed E-state index contributed by atoms with van der Waals surface area (Å²) in [6.45, 7) is -0.368. The van der Waals surface area contributed by atoms with E-state index in [9.17, 15) is 14.4 Å². The van der Waals surface area contributed by atoms with Crippen LogP contribution in [-0.4, -0.2) is 21.4 Å². The minimum atomic E-state index is -1.21. The molecule has 3 aromatic rings. The van der Waals surface area contributed by atoms with E-state index < -0.39 is 18.0 Å². The molecular weight excluding hydrogens is 322 g/mol. The van der Waals surface area contributed by atoms with Gasteiger partial charge in [-0.15, -0.1) is 0 Å². The minimum absolute atomic E-state index is 0.363. The molecule has 2 aromatic carbocycles. The molecule has 2 N–H and O–H groups in total. The van der Waals surface area contributed by atoms with Crippen molar-refractivity contribution < 1.29 is 14.3 Å². The van der Waals surface area contributed by atoms with Crippen molar-refractivity contribution in [2.24, 2.45) is 5.73 Å². The third-order valence-electron chi connectivity index (χ3n) is 3.64. The molecule has 126 valence electrons. The fourth-order valence-corrected chi connectivity index (χ4v) is 2.44. The number of carbonyl (C=O) groups excluding carboxylic acids is 2. The Hall–Kier alpha value is -3.48. The van der Waals surface area contributed by atoms with Crippen molar-refractivity contribution in [3.05, 3.63) is 76.8 Å². The summed E-state index contributed by atoms with van der Waals surface area (Å²) in [6, 6.07) is 15.3. The molecular formula is C18H15N3O4. The van der Waals surface area contributed by atoms with Crippen molar-refractivity contribution in [1.29, 1.82) is 0 Å². The van der Waals surface area contributed by atoms with Crippen molar-refractivity contribution in [3.8, 4) is 0 Å². The van der Waals surface area contributed by atoms with E-state index in [0.717, 1.165) is 4.57 Å². The molecule has 0 bridgehead atoms. The molecule has 3 rings (SSSR count). The summed E-state index contributed by atoms with van der Waals surface area (Å²) in [4.78, 5) is 40.3. The largest absolute Gasteiger partial charge is 0.446 e. The number of amides is 1. The van der Waals surface area contributed by atoms with E-state index in [1.165, 1.54) is 6.33 Å². The standard InChI is InChI=1S/C18H15N3O4/c19-17(23)16(12-6-2-1-3-7-12)25-15(22)10-21-11-20-14-9-5-4-8-13(14)18(21)24/h1-9,11,16H,10H2,(H2,19,23)/t16-/m1/s1. The number of esters is 1. The summed E-state index contributed by atoms with van der Waals surface area (Å²) in [7, 11) is 0. The van der Waals surface area contributed by atoms with Crippen LogP contribution in [0.3, 0.4) is 0 Å². The Bertz CT molecular complexity index is 982. The van der Waals surface area contributed by atoms with Crippen molar-refractivity contribution in [2.75, 3.05) is 0 Å². The third-order valence-corrected chi connectivity index (χ3v) is 3.64. The average Bonchev–Trinajstić information content (AvgIpc) is 2.63. The Kier molecular flexibility index (Phi) is 4.56. The van der Waals surface area contributed by atoms with E-state index in [4.69, 9.17) is 10.5 Å². The molecule has 0 saturated heterocycles. The lowest BCUT2D eigenvalue weighted by Gasteiger charge is -2.15. The van der Waals surface area contributed by atoms with E-state index >= 15 is 0 Å². The zero-order valence-electron chi connectivity index (χ0n) is 13.2. The van der Waals surface area contributed by atoms with Gasteiger partial charge in [-0.25, -0.2) is 4.98 Å². The van der Waals surface area contributed by atoms with Gasteiger partial charge in [-0.2, -0.15) is 0 Å². The highest BCUT2D eigenvalue weighted by Gasteiger charge is 2.22. The molecule has 1 aromatic heterocycles. The van der Waals surface area contributed by atoms with E-state index in [1.54, 1.807) is 54.6 Å². The van der Waals surface area contributed by atoms with Gasteiger partial charge in [-0.1, -0.05) is 42.5 Å². The molecule has 7 heteroatoms. The number of carbonyl (C=O) groups is 2. The number of hydrogen-bond donors (Lipinski definition) is 1. The van der Waals surface area contributed by atoms with Crippen LogP contribution in [-0.2, 0) is 20.9 Å². The number of nitrogens with zero attached hydrogens (tertiary/aromatic N) is 2. The molecule has 1 heterocycles. The van der Waals surface area contributed by atoms with Gasteiger partial charge in [0, 0.05) is 5.56 Å². The fraction of sp³-hybridized carbons (Fsp3) is 0.111. The van der Waals surface area contributed by atoms with Crippen LogP contribution in [0, 0.1) is 0 Å². The summed E-state index contributed by atoms with van der Waals surface area (Å²) in [6.07, 6.45) is 0.0612. The fourth-order valence-electron chi connectivity index (χ4n) is 2.44. The molecule has 7 nitrogen and oxygen atoms in total. The number of fused-ring (bicyclic) bond motifs is 1. The first-order valence-electron chi connectivity index (χ1n) is 7.54. The first-order chi connectivity index (χ1) is 12.1. The van der Waals surface area contributed by atoms with Gasteiger partial charge in [-0.05, 0) is 12.1 Å². The molecule has 0 saturated carbocycles. The van der Waals surface area contributed by atoms with Gasteiger partial charge in [0.2, 0.25) is 6.10 Å². The van der Waals surface area contributed by atoms with Gasteiger partial charge >= 0.3 is 5.97 Å². The van der Waals surface area contributed by atoms with E-state index in [1.807, 2.05) is 0 Å². The number of primary amides is 1. The molecule has 0 aliphatic rings. The number of nitrogens with two attached hydrogens (primary N) is 1. The van der Waals surface area contributed by atoms with Crippen LogP contribution < -0.4 is 11.3 Å². The normalized spacial score (nSPS) is 11.8. The number of rotatable bonds is 5. The van der Waals surface area contributed by atoms with E-state index in [2.05, 4.69) is 4.98 Å². The van der Waals surface area contributed by atoms with Gasteiger partial charge in [-0.3, -0.25) is 19.0 Å². The SMILES string of the molecule is NC(=O)[C@H](OC(=O)Cn1cnc2ccccc2c1=O)c1ccccc1. The van der Waals surface area contributed by atoms with Gasteiger partial charge in [0.25, 0.3) is 11.5 Å². The smallest absolute Gasteiger partial charge is 0.327 e. The highest BCUT2D eigenvalue weighted by Crippen LogP contribution is 2.17. The molecule has 1 amide bonds. The zero-order chi connectivity index (χ0) is 17.8. The number of aromatic nitrogens is 2. The van der Waals surface area contributed by atoms with Crippen molar-refractivity contribution in [1.82, 2.24) is 9.55 Å². The topological polar surface area (TPSA) is 104 Å². The summed E-state index contributed by atoms with van der Waals surface area (Å²) in [5, 5.41) is 0.396. The molecule has 25 heavy (non-hydrogen) atoms. The number of ether oxygens (including phenoxy) is 1. The van der Waals surface area contributed by atoms with Crippen molar-refractivity contribution in [2.45, 2.75) is 12.6 Å². The first-order valence-corrected chi connectivity index (χ1v) is 7.54. The van der Waals surface area contributed by atoms with Gasteiger partial charge in [0.15, 0.2) is 0 Å². The highest BCUT2D eigenvalue weighted by atomic mass is 16.5. The Balaban J connectivity index is 1.81. The van der Waals surface area contributed by atoms with Crippen LogP contribution >= 0.6 is 0 Å². The van der Waals surface area contributed by atoms with Gasteiger partial charge < -0.3 is 10.5 Å². The van der Waals surface area contributed by atoms with Gasteiger partial charge in [0.1, 0.15) is 6.54 Å². The third kappa shape index (κ3) is 3.55. The van der Waals surface area contributed by atoms with Crippen molar-refractivity contribution >= 4 is 22.8 Å². The van der Waals surface area contributed by atoms with Crippen LogP contribution in [0.1, 0.15) is 11.7 Å². The molecule has 0 unspecified atom stereocenters. The number of hydrogen-bond acceptors (Lipinski definition) is 5. The zero-order valence-corrected chi connectivity index (χ0v) is 13.2. The average molecular weight is 337 g/mol. The van der Waals surface area contributed by atoms with Gasteiger partial charge in [0.05, 0.1) is 17.2 Å². The second kappa shape index (κ2) is 6.96. The van der Waals surface area contributed by atoms with Crippen LogP contribution in [0.15, 0.2) is 65.7 Å². The molecule has 0 aliphatic heterocycles. The monoisotopic (exact) mass is 337 g/mol. The van der Waals surface area contributed by atoms with Crippen LogP contribution in [0.25, 0.3) is 10.9 Å². The molecule has 0 spiro atoms. The summed E-state index contributed by atoms with van der Waals surface area (Å²) in [5.41, 5.74) is 5.96. The molecule has 0 aliphatic carbocycles. The van der Waals surface area contributed by atoms with Crippen LogP contribution in [0.4, 0.5) is 0 Å². The maximum absolute atomic E-state index is 12.4. The highest BCUT2D eigenvalue weighted by molar-refractivity contribution is 5.83. The van der Waals surface area contributed by atoms with Crippen LogP contribution in [0.5, 0.6) is 0 Å². The molecule has 1 atom stereocenters. The maximum atomic E-state index is 12.4. The number of para-hydroxylation sites is 1. The Morgan fingerprint density at radius 2 is 1.76 bits per heavy atom. The van der Waals surface area contributed by atoms with Crippen molar-refractivity contribution in [3.63, 3.8) is 0 Å². The lowest BCUT2D eigenvalue weighted by molar-refractivity contribution is -0.156. The quantitative estimate of drug-likeness (QED) is 0.704. The lowest BCUT2D eigenvalue weighted by atomic mass is 10.1. The predicted octanol–water partition coefficient (Wildman–Crippen LogP) is 1.17. The molecule has 0 fully saturated rings. The summed E-state index contributed by atoms with van der Waals surface area (Å²) in [5.74, 6) is -1.55. The summed E-state index contributed by atoms with van der Waals surface area (Å²) < 4.78 is 6.30. The maximum Gasteiger partial charge on any atom is 0.327 e. The van der Waals surface area contributed by atoms with E-state index in [-0.39, 0.29) is 12.1 Å². The van der Waals surface area contributed by atoms with E-state index in [0.29, 0.717) is 16.5 Å². The predicted molar refractivity (Wildman–Crippen MR) is 90.5 cm³/mol. The van der Waals surface area contributed by atoms with Crippen LogP contribution in [0.2, 0.25) is 0 Å². The second-order valence-electron chi connectivity index (χ2n) is 5.38. The number of benzene rings is 2. The lowest BCUT2D eigenvalue weighted by Crippen LogP contribution is -2.30. The Morgan fingerprint density at radius 3 is 2.48 bits per heavy atom. The Labute approximate surface area is 142 Å². The first kappa shape index (κ1) is 16.4. The Morgan fingerprint density at radius 1 is 1.08 bits per heavy atom. The minimum Gasteiger partial charge on any atom is -0.446 e. The second-order valence-corrected chi connectivity index (χ2v) is 5.38. The molecule has 0 radical (unpaired) electrons.